The zero-order valence-corrected chi connectivity index (χ0v) is 14.5. The Kier molecular flexibility index (Phi) is 7.73. The van der Waals surface area contributed by atoms with Crippen molar-refractivity contribution in [2.75, 3.05) is 41.9 Å². The highest BCUT2D eigenvalue weighted by atomic mass is 16.5. The molecule has 1 aromatic rings. The topological polar surface area (TPSA) is 75.2 Å². The van der Waals surface area contributed by atoms with E-state index in [1.165, 1.54) is 0 Å². The van der Waals surface area contributed by atoms with Gasteiger partial charge in [-0.1, -0.05) is 0 Å². The zero-order valence-electron chi connectivity index (χ0n) is 14.5. The molecule has 0 fully saturated rings. The first-order valence-electron chi connectivity index (χ1n) is 7.37. The van der Waals surface area contributed by atoms with E-state index in [0.717, 1.165) is 17.1 Å². The van der Waals surface area contributed by atoms with Crippen LogP contribution < -0.4 is 20.1 Å². The lowest BCUT2D eigenvalue weighted by molar-refractivity contribution is -0.128. The van der Waals surface area contributed by atoms with Crippen LogP contribution in [0.4, 0.5) is 0 Å². The van der Waals surface area contributed by atoms with Gasteiger partial charge in [0, 0.05) is 52.3 Å². The Morgan fingerprint density at radius 1 is 1.22 bits per heavy atom. The van der Waals surface area contributed by atoms with Crippen LogP contribution in [-0.2, 0) is 11.3 Å². The third-order valence-corrected chi connectivity index (χ3v) is 3.29. The van der Waals surface area contributed by atoms with Gasteiger partial charge in [-0.3, -0.25) is 9.79 Å². The van der Waals surface area contributed by atoms with Crippen molar-refractivity contribution in [3.05, 3.63) is 23.8 Å². The number of ether oxygens (including phenoxy) is 2. The molecule has 0 aromatic heterocycles. The van der Waals surface area contributed by atoms with Crippen molar-refractivity contribution in [3.8, 4) is 11.5 Å². The second-order valence-electron chi connectivity index (χ2n) is 5.07. The number of nitrogens with one attached hydrogen (secondary N) is 2. The fraction of sp³-hybridized carbons (Fsp3) is 0.500. The standard InChI is InChI=1S/C16H26N4O3/c1-17-16(18-9-8-15(21)20(2)3)19-11-12-6-7-13(22-4)10-14(12)23-5/h6-7,10H,8-9,11H2,1-5H3,(H2,17,18,19). The number of hydrogen-bond acceptors (Lipinski definition) is 4. The number of guanidine groups is 1. The van der Waals surface area contributed by atoms with Crippen molar-refractivity contribution in [1.29, 1.82) is 0 Å². The van der Waals surface area contributed by atoms with Crippen LogP contribution in [0.1, 0.15) is 12.0 Å². The SMILES string of the molecule is CN=C(NCCC(=O)N(C)C)NCc1ccc(OC)cc1OC. The first-order valence-corrected chi connectivity index (χ1v) is 7.37. The van der Waals surface area contributed by atoms with Crippen molar-refractivity contribution in [2.45, 2.75) is 13.0 Å². The van der Waals surface area contributed by atoms with Gasteiger partial charge < -0.3 is 25.0 Å². The van der Waals surface area contributed by atoms with Gasteiger partial charge in [-0.2, -0.15) is 0 Å². The smallest absolute Gasteiger partial charge is 0.223 e. The third kappa shape index (κ3) is 6.06. The van der Waals surface area contributed by atoms with E-state index in [9.17, 15) is 4.79 Å². The lowest BCUT2D eigenvalue weighted by Crippen LogP contribution is -2.38. The summed E-state index contributed by atoms with van der Waals surface area (Å²) in [6.45, 7) is 1.07. The van der Waals surface area contributed by atoms with Gasteiger partial charge in [0.2, 0.25) is 5.91 Å². The summed E-state index contributed by atoms with van der Waals surface area (Å²) in [7, 11) is 8.41. The Hall–Kier alpha value is -2.44. The molecule has 1 rings (SSSR count). The molecule has 0 heterocycles. The molecule has 23 heavy (non-hydrogen) atoms. The minimum Gasteiger partial charge on any atom is -0.497 e. The Labute approximate surface area is 137 Å². The van der Waals surface area contributed by atoms with E-state index < -0.39 is 0 Å². The first-order chi connectivity index (χ1) is 11.0. The molecule has 0 radical (unpaired) electrons. The summed E-state index contributed by atoms with van der Waals surface area (Å²) in [6.07, 6.45) is 0.416. The molecule has 1 amide bonds. The molecular weight excluding hydrogens is 296 g/mol. The van der Waals surface area contributed by atoms with E-state index >= 15 is 0 Å². The van der Waals surface area contributed by atoms with Gasteiger partial charge in [0.15, 0.2) is 5.96 Å². The third-order valence-electron chi connectivity index (χ3n) is 3.29. The minimum absolute atomic E-state index is 0.0739. The van der Waals surface area contributed by atoms with E-state index in [1.807, 2.05) is 18.2 Å². The highest BCUT2D eigenvalue weighted by Gasteiger charge is 2.07. The zero-order chi connectivity index (χ0) is 17.2. The van der Waals surface area contributed by atoms with Crippen LogP contribution in [0, 0.1) is 0 Å². The van der Waals surface area contributed by atoms with Gasteiger partial charge >= 0.3 is 0 Å². The monoisotopic (exact) mass is 322 g/mol. The van der Waals surface area contributed by atoms with E-state index in [0.29, 0.717) is 25.5 Å². The average Bonchev–Trinajstić information content (AvgIpc) is 2.57. The van der Waals surface area contributed by atoms with E-state index in [1.54, 1.807) is 40.3 Å². The normalized spacial score (nSPS) is 10.9. The second-order valence-corrected chi connectivity index (χ2v) is 5.07. The van der Waals surface area contributed by atoms with Crippen LogP contribution in [0.3, 0.4) is 0 Å². The molecule has 128 valence electrons. The van der Waals surface area contributed by atoms with E-state index in [-0.39, 0.29) is 5.91 Å². The van der Waals surface area contributed by atoms with Crippen molar-refractivity contribution >= 4 is 11.9 Å². The summed E-state index contributed by atoms with van der Waals surface area (Å²) in [5.74, 6) is 2.20. The molecule has 0 unspecified atom stereocenters. The summed E-state index contributed by atoms with van der Waals surface area (Å²) in [5.41, 5.74) is 0.987. The van der Waals surface area contributed by atoms with E-state index in [2.05, 4.69) is 15.6 Å². The molecule has 0 saturated carbocycles. The number of rotatable bonds is 7. The summed E-state index contributed by atoms with van der Waals surface area (Å²) in [6, 6.07) is 5.65. The maximum atomic E-state index is 11.5. The number of methoxy groups -OCH3 is 2. The largest absolute Gasteiger partial charge is 0.497 e. The molecule has 7 nitrogen and oxygen atoms in total. The van der Waals surface area contributed by atoms with E-state index in [4.69, 9.17) is 9.47 Å². The number of nitrogens with zero attached hydrogens (tertiary/aromatic N) is 2. The van der Waals surface area contributed by atoms with Crippen molar-refractivity contribution < 1.29 is 14.3 Å². The average molecular weight is 322 g/mol. The molecule has 7 heteroatoms. The van der Waals surface area contributed by atoms with Crippen LogP contribution >= 0.6 is 0 Å². The Balaban J connectivity index is 2.53. The molecule has 0 aliphatic carbocycles. The first kappa shape index (κ1) is 18.6. The summed E-state index contributed by atoms with van der Waals surface area (Å²) in [4.78, 5) is 17.2. The van der Waals surface area contributed by atoms with Crippen LogP contribution in [-0.4, -0.2) is 58.7 Å². The highest BCUT2D eigenvalue weighted by molar-refractivity contribution is 5.81. The molecular formula is C16H26N4O3. The molecule has 2 N–H and O–H groups in total. The lowest BCUT2D eigenvalue weighted by atomic mass is 10.2. The van der Waals surface area contributed by atoms with Crippen LogP contribution in [0.15, 0.2) is 23.2 Å². The van der Waals surface area contributed by atoms with Crippen LogP contribution in [0.25, 0.3) is 0 Å². The fourth-order valence-electron chi connectivity index (χ4n) is 1.91. The number of carbonyl (C=O) groups excluding carboxylic acids is 1. The van der Waals surface area contributed by atoms with Gasteiger partial charge in [-0.05, 0) is 12.1 Å². The van der Waals surface area contributed by atoms with Crippen molar-refractivity contribution in [2.24, 2.45) is 4.99 Å². The summed E-state index contributed by atoms with van der Waals surface area (Å²) in [5, 5.41) is 6.31. The Morgan fingerprint density at radius 3 is 2.52 bits per heavy atom. The highest BCUT2D eigenvalue weighted by Crippen LogP contribution is 2.24. The fourth-order valence-corrected chi connectivity index (χ4v) is 1.91. The maximum absolute atomic E-state index is 11.5. The van der Waals surface area contributed by atoms with Crippen molar-refractivity contribution in [3.63, 3.8) is 0 Å². The maximum Gasteiger partial charge on any atom is 0.223 e. The van der Waals surface area contributed by atoms with Gasteiger partial charge in [0.25, 0.3) is 0 Å². The predicted molar refractivity (Wildman–Crippen MR) is 91.1 cm³/mol. The number of aliphatic imine (C=N–C) groups is 1. The van der Waals surface area contributed by atoms with Crippen LogP contribution in [0.5, 0.6) is 11.5 Å². The molecule has 0 spiro atoms. The number of carbonyl (C=O) groups is 1. The number of benzene rings is 1. The number of hydrogen-bond donors (Lipinski definition) is 2. The Bertz CT molecular complexity index is 544. The summed E-state index contributed by atoms with van der Waals surface area (Å²) < 4.78 is 10.5. The van der Waals surface area contributed by atoms with Crippen molar-refractivity contribution in [1.82, 2.24) is 15.5 Å². The quantitative estimate of drug-likeness (QED) is 0.575. The lowest BCUT2D eigenvalue weighted by Gasteiger charge is -2.15. The summed E-state index contributed by atoms with van der Waals surface area (Å²) >= 11 is 0. The van der Waals surface area contributed by atoms with Gasteiger partial charge in [0.05, 0.1) is 14.2 Å². The van der Waals surface area contributed by atoms with Crippen LogP contribution in [0.2, 0.25) is 0 Å². The Morgan fingerprint density at radius 2 is 1.96 bits per heavy atom. The molecule has 0 aliphatic rings. The van der Waals surface area contributed by atoms with Gasteiger partial charge in [-0.15, -0.1) is 0 Å². The molecule has 1 aromatic carbocycles. The molecule has 0 aliphatic heterocycles. The number of amides is 1. The molecule has 0 atom stereocenters. The predicted octanol–water partition coefficient (Wildman–Crippen LogP) is 0.847. The minimum atomic E-state index is 0.0739. The molecule has 0 saturated heterocycles. The second kappa shape index (κ2) is 9.55. The van der Waals surface area contributed by atoms with Gasteiger partial charge in [0.1, 0.15) is 11.5 Å². The molecule has 0 bridgehead atoms. The van der Waals surface area contributed by atoms with Gasteiger partial charge in [-0.25, -0.2) is 0 Å².